The van der Waals surface area contributed by atoms with E-state index in [0.717, 1.165) is 124 Å². The van der Waals surface area contributed by atoms with Crippen molar-refractivity contribution in [2.45, 2.75) is 267 Å². The predicted molar refractivity (Wildman–Crippen MR) is 433 cm³/mol. The zero-order valence-electron chi connectivity index (χ0n) is 64.2. The lowest BCUT2D eigenvalue weighted by Gasteiger charge is -1.79. The topological polar surface area (TPSA) is 161 Å². The predicted octanol–water partition coefficient (Wildman–Crippen LogP) is 24.7. The second-order valence-corrected chi connectivity index (χ2v) is 26.5. The van der Waals surface area contributed by atoms with Gasteiger partial charge in [-0.2, -0.15) is 30.6 Å². The molecule has 91 heavy (non-hydrogen) atoms. The summed E-state index contributed by atoms with van der Waals surface area (Å²) in [6, 6.07) is 0. The minimum atomic E-state index is 0. The summed E-state index contributed by atoms with van der Waals surface area (Å²) in [7, 11) is 0. The molecule has 0 aromatic carbocycles. The van der Waals surface area contributed by atoms with Crippen molar-refractivity contribution >= 4 is 81.0 Å². The Morgan fingerprint density at radius 2 is 0.374 bits per heavy atom. The summed E-state index contributed by atoms with van der Waals surface area (Å²) < 4.78 is 0. The second-order valence-electron chi connectivity index (χ2n) is 26.5. The molecule has 0 radical (unpaired) electrons. The van der Waals surface area contributed by atoms with E-state index in [1.165, 1.54) is 0 Å². The van der Waals surface area contributed by atoms with Crippen LogP contribution >= 0.6 is 0 Å². The molecule has 0 N–H and O–H groups in total. The molecule has 13 heteroatoms. The molecule has 0 unspecified atom stereocenters. The van der Waals surface area contributed by atoms with Crippen LogP contribution in [0.25, 0.3) is 0 Å². The van der Waals surface area contributed by atoms with Gasteiger partial charge in [-0.05, 0) is 72.0 Å². The van der Waals surface area contributed by atoms with Crippen LogP contribution in [-0.4, -0.2) is 94.1 Å². The second kappa shape index (κ2) is 106. The smallest absolute Gasteiger partial charge is 0.109 e. The molecule has 10 rings (SSSR count). The van der Waals surface area contributed by atoms with Crippen LogP contribution in [0.5, 0.6) is 0 Å². The molecule has 0 aromatic heterocycles. The van der Waals surface area contributed by atoms with E-state index in [9.17, 15) is 0 Å². The Balaban J connectivity index is -0.0000000823. The molecule has 2 aliphatic carbocycles. The molecule has 0 amide bonds. The van der Waals surface area contributed by atoms with Gasteiger partial charge in [0.1, 0.15) is 12.7 Å². The van der Waals surface area contributed by atoms with E-state index in [-0.39, 0.29) is 7.43 Å². The lowest BCUT2D eigenvalue weighted by Crippen LogP contribution is -1.66. The molecule has 0 fully saturated rings. The largest absolute Gasteiger partial charge is 0.269 e. The molecule has 8 heterocycles. The van der Waals surface area contributed by atoms with Crippen LogP contribution in [0.2, 0.25) is 0 Å². The van der Waals surface area contributed by atoms with Crippen LogP contribution in [0.4, 0.5) is 0 Å². The highest BCUT2D eigenvalue weighted by molar-refractivity contribution is 5.83. The van der Waals surface area contributed by atoms with E-state index in [2.05, 4.69) is 322 Å². The molecule has 0 bridgehead atoms. The van der Waals surface area contributed by atoms with E-state index in [4.69, 9.17) is 0 Å². The average Bonchev–Trinajstić information content (AvgIpc) is 4.30. The van der Waals surface area contributed by atoms with Gasteiger partial charge in [0.2, 0.25) is 0 Å². The summed E-state index contributed by atoms with van der Waals surface area (Å²) in [5.74, 6) is 8.33. The van der Waals surface area contributed by atoms with Crippen molar-refractivity contribution in [3.63, 3.8) is 0 Å². The standard InChI is InChI=1S/2C5H6.3C4H5N.10C4H10.5C3H4N2.CH4/c5*1-2-4-5-3-1;10*1-4(2)3;2*1-2-5-3-4-1;3*1-2-4-5-3-1;/h2*1-4H,5H2;3*1,3-4H,2H2;10*4H,1-3H3;2*1,3H,2H2;3*2-3H,1H2;1H4. The summed E-state index contributed by atoms with van der Waals surface area (Å²) >= 11 is 0. The van der Waals surface area contributed by atoms with E-state index in [1.54, 1.807) is 81.0 Å². The van der Waals surface area contributed by atoms with E-state index in [0.29, 0.717) is 0 Å². The van der Waals surface area contributed by atoms with Crippen LogP contribution in [0, 0.1) is 59.2 Å². The fourth-order valence-electron chi connectivity index (χ4n) is 2.88. The van der Waals surface area contributed by atoms with Crippen molar-refractivity contribution in [3.05, 3.63) is 85.4 Å². The Kier molecular flexibility index (Phi) is 127. The summed E-state index contributed by atoms with van der Waals surface area (Å²) in [4.78, 5) is 26.1. The normalized spacial score (nSPS) is 13.6. The number of allylic oxidation sites excluding steroid dienone is 11. The van der Waals surface area contributed by atoms with Gasteiger partial charge in [0.05, 0.1) is 13.1 Å². The Labute approximate surface area is 568 Å². The van der Waals surface area contributed by atoms with E-state index >= 15 is 0 Å². The fourth-order valence-corrected chi connectivity index (χ4v) is 2.88. The average molecular weight is 1270 g/mol. The molecule has 528 valence electrons. The third kappa shape index (κ3) is 292. The van der Waals surface area contributed by atoms with Gasteiger partial charge in [-0.15, -0.1) is 0 Å². The zero-order valence-corrected chi connectivity index (χ0v) is 64.2. The Morgan fingerprint density at radius 3 is 0.418 bits per heavy atom. The molecule has 8 aliphatic heterocycles. The van der Waals surface area contributed by atoms with Gasteiger partial charge in [0.25, 0.3) is 0 Å². The molecule has 13 nitrogen and oxygen atoms in total. The molecule has 0 saturated carbocycles. The van der Waals surface area contributed by atoms with Crippen molar-refractivity contribution in [2.75, 3.05) is 13.1 Å². The van der Waals surface area contributed by atoms with Gasteiger partial charge in [-0.25, -0.2) is 9.98 Å². The summed E-state index contributed by atoms with van der Waals surface area (Å²) in [5, 5.41) is 21.2. The SMILES string of the molecule is C.C1=CCC=C1.C1=CCC=C1.C1=CN=CC1.C1=CN=CC1.C1=CN=CC1.C1=NC=NC1.C1=NC=NC1.C1=NN=CC1.C1=NN=CC1.C1=NN=CC1.CC(C)C.CC(C)C.CC(C)C.CC(C)C.CC(C)C.CC(C)C.CC(C)C.CC(C)C.CC(C)C.CC(C)C. The first kappa shape index (κ1) is 109. The van der Waals surface area contributed by atoms with Crippen LogP contribution in [0.15, 0.2) is 151 Å². The Hall–Kier alpha value is -6.11. The van der Waals surface area contributed by atoms with Gasteiger partial charge in [-0.1, -0.05) is 282 Å². The first-order chi connectivity index (χ1) is 42.3. The van der Waals surface area contributed by atoms with Gasteiger partial charge >= 0.3 is 0 Å². The molecule has 0 atom stereocenters. The third-order valence-electron chi connectivity index (χ3n) is 5.13. The van der Waals surface area contributed by atoms with Gasteiger partial charge in [-0.3, -0.25) is 25.0 Å². The number of rotatable bonds is 0. The molecule has 0 spiro atoms. The van der Waals surface area contributed by atoms with Crippen LogP contribution < -0.4 is 0 Å². The minimum Gasteiger partial charge on any atom is -0.269 e. The van der Waals surface area contributed by atoms with Crippen molar-refractivity contribution in [1.29, 1.82) is 0 Å². The fraction of sp³-hybridized carbons (Fsp3) is 0.654. The number of hydrogen-bond donors (Lipinski definition) is 0. The van der Waals surface area contributed by atoms with Crippen LogP contribution in [-0.2, 0) is 0 Å². The molecule has 10 aliphatic rings. The quantitative estimate of drug-likeness (QED) is 0.226. The third-order valence-corrected chi connectivity index (χ3v) is 5.13. The first-order valence-electron chi connectivity index (χ1n) is 33.5. The highest BCUT2D eigenvalue weighted by Crippen LogP contribution is 1.95. The first-order valence-corrected chi connectivity index (χ1v) is 33.5. The van der Waals surface area contributed by atoms with Crippen molar-refractivity contribution in [2.24, 2.45) is 125 Å². The van der Waals surface area contributed by atoms with Crippen LogP contribution in [0.3, 0.4) is 0 Å². The van der Waals surface area contributed by atoms with Gasteiger partial charge < -0.3 is 0 Å². The van der Waals surface area contributed by atoms with Crippen molar-refractivity contribution in [1.82, 2.24) is 0 Å². The molecular weight excluding hydrogens is 1120 g/mol. The number of aliphatic imine (C=N–C) groups is 7. The number of hydrogen-bond acceptors (Lipinski definition) is 13. The van der Waals surface area contributed by atoms with Gasteiger partial charge in [0, 0.05) is 125 Å². The maximum atomic E-state index is 3.78. The summed E-state index contributed by atoms with van der Waals surface area (Å²) in [6.45, 7) is 66.6. The maximum absolute atomic E-state index is 3.78. The van der Waals surface area contributed by atoms with Crippen LogP contribution in [0.1, 0.15) is 267 Å². The highest BCUT2D eigenvalue weighted by atomic mass is 15.2. The summed E-state index contributed by atoms with van der Waals surface area (Å²) in [6.07, 6.45) is 59.1. The lowest BCUT2D eigenvalue weighted by molar-refractivity contribution is 0.736. The molecular formula is C78H151N13. The maximum Gasteiger partial charge on any atom is 0.109 e. The van der Waals surface area contributed by atoms with Gasteiger partial charge in [0.15, 0.2) is 0 Å². The van der Waals surface area contributed by atoms with E-state index < -0.39 is 0 Å². The Bertz CT molecular complexity index is 1360. The van der Waals surface area contributed by atoms with Crippen molar-refractivity contribution in [3.8, 4) is 0 Å². The zero-order chi connectivity index (χ0) is 71.1. The van der Waals surface area contributed by atoms with Crippen molar-refractivity contribution < 1.29 is 0 Å². The summed E-state index contributed by atoms with van der Waals surface area (Å²) in [5.41, 5.74) is 0. The highest BCUT2D eigenvalue weighted by Gasteiger charge is 1.80. The monoisotopic (exact) mass is 1270 g/mol. The Morgan fingerprint density at radius 1 is 0.198 bits per heavy atom. The minimum absolute atomic E-state index is 0. The number of nitrogens with zero attached hydrogens (tertiary/aromatic N) is 13. The molecule has 0 saturated heterocycles. The van der Waals surface area contributed by atoms with E-state index in [1.807, 2.05) is 36.9 Å². The molecule has 0 aromatic rings. The lowest BCUT2D eigenvalue weighted by atomic mass is 10.3.